The molecule has 0 saturated carbocycles. The maximum Gasteiger partial charge on any atom is 0.262 e. The lowest BCUT2D eigenvalue weighted by Crippen LogP contribution is -2.21. The summed E-state index contributed by atoms with van der Waals surface area (Å²) >= 11 is 0. The molecule has 0 saturated heterocycles. The van der Waals surface area contributed by atoms with Crippen molar-refractivity contribution in [2.24, 2.45) is 0 Å². The van der Waals surface area contributed by atoms with E-state index in [-0.39, 0.29) is 12.5 Å². The van der Waals surface area contributed by atoms with Gasteiger partial charge in [-0.1, -0.05) is 24.3 Å². The topological polar surface area (TPSA) is 47.6 Å². The molecule has 110 valence electrons. The first-order valence-corrected chi connectivity index (χ1v) is 6.73. The number of para-hydroxylation sites is 1. The van der Waals surface area contributed by atoms with Crippen molar-refractivity contribution in [3.05, 3.63) is 53.6 Å². The monoisotopic (exact) mass is 285 g/mol. The third-order valence-corrected chi connectivity index (χ3v) is 3.16. The number of hydrogen-bond acceptors (Lipinski definition) is 3. The van der Waals surface area contributed by atoms with Crippen LogP contribution in [-0.4, -0.2) is 19.6 Å². The first-order chi connectivity index (χ1) is 10.1. The predicted octanol–water partition coefficient (Wildman–Crippen LogP) is 3.33. The van der Waals surface area contributed by atoms with Gasteiger partial charge in [0.05, 0.1) is 7.11 Å². The number of carbonyl (C=O) groups is 1. The van der Waals surface area contributed by atoms with E-state index in [2.05, 4.69) is 5.32 Å². The van der Waals surface area contributed by atoms with Crippen molar-refractivity contribution < 1.29 is 14.3 Å². The third-order valence-electron chi connectivity index (χ3n) is 3.16. The molecule has 21 heavy (non-hydrogen) atoms. The fourth-order valence-electron chi connectivity index (χ4n) is 2.03. The van der Waals surface area contributed by atoms with E-state index < -0.39 is 0 Å². The van der Waals surface area contributed by atoms with Gasteiger partial charge >= 0.3 is 0 Å². The van der Waals surface area contributed by atoms with Crippen LogP contribution in [0.5, 0.6) is 11.5 Å². The van der Waals surface area contributed by atoms with Crippen molar-refractivity contribution in [3.63, 3.8) is 0 Å². The number of carbonyl (C=O) groups excluding carboxylic acids is 1. The molecule has 1 N–H and O–H groups in total. The molecule has 0 spiro atoms. The first-order valence-electron chi connectivity index (χ1n) is 6.73. The van der Waals surface area contributed by atoms with E-state index in [4.69, 9.17) is 9.47 Å². The molecule has 4 nitrogen and oxygen atoms in total. The molecule has 0 aromatic heterocycles. The molecule has 0 aliphatic carbocycles. The molecule has 0 bridgehead atoms. The van der Waals surface area contributed by atoms with E-state index in [1.54, 1.807) is 19.2 Å². The van der Waals surface area contributed by atoms with E-state index in [9.17, 15) is 4.79 Å². The Labute approximate surface area is 124 Å². The fraction of sp³-hybridized carbons (Fsp3) is 0.235. The van der Waals surface area contributed by atoms with E-state index in [1.807, 2.05) is 44.2 Å². The molecule has 0 aliphatic rings. The second kappa shape index (κ2) is 6.79. The Morgan fingerprint density at radius 1 is 1.05 bits per heavy atom. The van der Waals surface area contributed by atoms with Crippen LogP contribution < -0.4 is 14.8 Å². The number of hydrogen-bond donors (Lipinski definition) is 1. The lowest BCUT2D eigenvalue weighted by Gasteiger charge is -2.12. The Balaban J connectivity index is 1.96. The quantitative estimate of drug-likeness (QED) is 0.916. The molecule has 2 aromatic rings. The Morgan fingerprint density at radius 3 is 2.33 bits per heavy atom. The van der Waals surface area contributed by atoms with Crippen LogP contribution in [0.4, 0.5) is 5.69 Å². The smallest absolute Gasteiger partial charge is 0.262 e. The highest BCUT2D eigenvalue weighted by molar-refractivity contribution is 5.93. The normalized spacial score (nSPS) is 10.0. The summed E-state index contributed by atoms with van der Waals surface area (Å²) in [5.74, 6) is 1.11. The van der Waals surface area contributed by atoms with Gasteiger partial charge in [0.25, 0.3) is 5.91 Å². The van der Waals surface area contributed by atoms with Crippen molar-refractivity contribution in [2.75, 3.05) is 19.0 Å². The van der Waals surface area contributed by atoms with Crippen molar-refractivity contribution >= 4 is 11.6 Å². The zero-order chi connectivity index (χ0) is 15.2. The Morgan fingerprint density at radius 2 is 1.67 bits per heavy atom. The lowest BCUT2D eigenvalue weighted by atomic mass is 10.1. The minimum atomic E-state index is -0.185. The standard InChI is InChI=1S/C17H19NO3/c1-12-6-4-7-13(2)17(12)18-16(19)11-21-15-9-5-8-14(10-15)20-3/h4-10H,11H2,1-3H3,(H,18,19). The maximum absolute atomic E-state index is 12.0. The van der Waals surface area contributed by atoms with Gasteiger partial charge in [-0.3, -0.25) is 4.79 Å². The molecule has 0 heterocycles. The maximum atomic E-state index is 12.0. The number of methoxy groups -OCH3 is 1. The first kappa shape index (κ1) is 14.9. The van der Waals surface area contributed by atoms with Crippen LogP contribution in [0, 0.1) is 13.8 Å². The summed E-state index contributed by atoms with van der Waals surface area (Å²) < 4.78 is 10.6. The van der Waals surface area contributed by atoms with Crippen molar-refractivity contribution in [2.45, 2.75) is 13.8 Å². The molecule has 0 unspecified atom stereocenters. The van der Waals surface area contributed by atoms with Crippen LogP contribution in [0.3, 0.4) is 0 Å². The van der Waals surface area contributed by atoms with E-state index in [0.717, 1.165) is 16.8 Å². The number of rotatable bonds is 5. The lowest BCUT2D eigenvalue weighted by molar-refractivity contribution is -0.118. The summed E-state index contributed by atoms with van der Waals surface area (Å²) in [4.78, 5) is 12.0. The average Bonchev–Trinajstić information content (AvgIpc) is 2.49. The summed E-state index contributed by atoms with van der Waals surface area (Å²) in [6, 6.07) is 13.1. The number of aryl methyl sites for hydroxylation is 2. The van der Waals surface area contributed by atoms with Gasteiger partial charge in [-0.2, -0.15) is 0 Å². The number of ether oxygens (including phenoxy) is 2. The summed E-state index contributed by atoms with van der Waals surface area (Å²) in [6.07, 6.45) is 0. The SMILES string of the molecule is COc1cccc(OCC(=O)Nc2c(C)cccc2C)c1. The highest BCUT2D eigenvalue weighted by Crippen LogP contribution is 2.20. The Hall–Kier alpha value is -2.49. The minimum Gasteiger partial charge on any atom is -0.497 e. The molecule has 0 atom stereocenters. The summed E-state index contributed by atoms with van der Waals surface area (Å²) in [5.41, 5.74) is 2.91. The second-order valence-corrected chi connectivity index (χ2v) is 4.78. The highest BCUT2D eigenvalue weighted by Gasteiger charge is 2.08. The Kier molecular flexibility index (Phi) is 4.82. The number of amides is 1. The highest BCUT2D eigenvalue weighted by atomic mass is 16.5. The number of anilines is 1. The molecule has 0 fully saturated rings. The third kappa shape index (κ3) is 3.99. The van der Waals surface area contributed by atoms with Gasteiger partial charge in [0.15, 0.2) is 6.61 Å². The summed E-state index contributed by atoms with van der Waals surface area (Å²) in [7, 11) is 1.59. The number of nitrogens with one attached hydrogen (secondary N) is 1. The molecule has 4 heteroatoms. The van der Waals surface area contributed by atoms with Crippen molar-refractivity contribution in [1.29, 1.82) is 0 Å². The number of benzene rings is 2. The molecule has 0 aliphatic heterocycles. The van der Waals surface area contributed by atoms with Crippen LogP contribution >= 0.6 is 0 Å². The summed E-state index contributed by atoms with van der Waals surface area (Å²) in [6.45, 7) is 3.89. The van der Waals surface area contributed by atoms with Crippen molar-refractivity contribution in [3.8, 4) is 11.5 Å². The van der Waals surface area contributed by atoms with Crippen LogP contribution in [0.2, 0.25) is 0 Å². The van der Waals surface area contributed by atoms with Gasteiger partial charge in [-0.15, -0.1) is 0 Å². The molecular formula is C17H19NO3. The van der Waals surface area contributed by atoms with E-state index in [0.29, 0.717) is 11.5 Å². The average molecular weight is 285 g/mol. The van der Waals surface area contributed by atoms with Crippen LogP contribution in [0.25, 0.3) is 0 Å². The Bertz CT molecular complexity index is 617. The molecular weight excluding hydrogens is 266 g/mol. The van der Waals surface area contributed by atoms with Crippen LogP contribution in [-0.2, 0) is 4.79 Å². The van der Waals surface area contributed by atoms with Gasteiger partial charge < -0.3 is 14.8 Å². The van der Waals surface area contributed by atoms with Crippen molar-refractivity contribution in [1.82, 2.24) is 0 Å². The van der Waals surface area contributed by atoms with Gasteiger partial charge in [0.1, 0.15) is 11.5 Å². The second-order valence-electron chi connectivity index (χ2n) is 4.78. The largest absolute Gasteiger partial charge is 0.497 e. The van der Waals surface area contributed by atoms with Gasteiger partial charge in [-0.25, -0.2) is 0 Å². The summed E-state index contributed by atoms with van der Waals surface area (Å²) in [5, 5.41) is 2.88. The molecule has 1 amide bonds. The minimum absolute atomic E-state index is 0.0407. The zero-order valence-electron chi connectivity index (χ0n) is 12.5. The van der Waals surface area contributed by atoms with E-state index in [1.165, 1.54) is 0 Å². The zero-order valence-corrected chi connectivity index (χ0v) is 12.5. The fourth-order valence-corrected chi connectivity index (χ4v) is 2.03. The molecule has 0 radical (unpaired) electrons. The predicted molar refractivity (Wildman–Crippen MR) is 83.0 cm³/mol. The van der Waals surface area contributed by atoms with Crippen LogP contribution in [0.15, 0.2) is 42.5 Å². The van der Waals surface area contributed by atoms with Crippen LogP contribution in [0.1, 0.15) is 11.1 Å². The van der Waals surface area contributed by atoms with Gasteiger partial charge in [0.2, 0.25) is 0 Å². The van der Waals surface area contributed by atoms with E-state index >= 15 is 0 Å². The molecule has 2 aromatic carbocycles. The molecule has 2 rings (SSSR count). The van der Waals surface area contributed by atoms with Gasteiger partial charge in [-0.05, 0) is 37.1 Å². The van der Waals surface area contributed by atoms with Gasteiger partial charge in [0, 0.05) is 11.8 Å².